The molecule has 12 heavy (non-hydrogen) atoms. The van der Waals surface area contributed by atoms with Crippen LogP contribution >= 0.6 is 11.3 Å². The van der Waals surface area contributed by atoms with Crippen molar-refractivity contribution in [3.05, 3.63) is 16.1 Å². The van der Waals surface area contributed by atoms with Crippen LogP contribution in [0.2, 0.25) is 0 Å². The molecule has 4 nitrogen and oxygen atoms in total. The number of nitrogens with zero attached hydrogens (tertiary/aromatic N) is 3. The fourth-order valence-electron chi connectivity index (χ4n) is 0.720. The summed E-state index contributed by atoms with van der Waals surface area (Å²) in [5, 5.41) is 11.1. The molecule has 0 amide bonds. The maximum Gasteiger partial charge on any atom is 0.236 e. The maximum atomic E-state index is 9.89. The predicted molar refractivity (Wildman–Crippen MR) is 43.3 cm³/mol. The van der Waals surface area contributed by atoms with E-state index in [0.29, 0.717) is 5.69 Å². The Morgan fingerprint density at radius 2 is 2.58 bits per heavy atom. The van der Waals surface area contributed by atoms with Gasteiger partial charge in [0.15, 0.2) is 6.04 Å². The summed E-state index contributed by atoms with van der Waals surface area (Å²) < 4.78 is 0. The summed E-state index contributed by atoms with van der Waals surface area (Å²) in [6.07, 6.45) is 1.34. The third kappa shape index (κ3) is 1.76. The molecule has 0 saturated carbocycles. The molecule has 0 spiro atoms. The number of thiazole rings is 1. The van der Waals surface area contributed by atoms with E-state index in [0.717, 1.165) is 5.01 Å². The molecule has 1 atom stereocenters. The average molecular weight is 179 g/mol. The average Bonchev–Trinajstić information content (AvgIpc) is 2.47. The first-order chi connectivity index (χ1) is 5.77. The third-order valence-electron chi connectivity index (χ3n) is 1.22. The Kier molecular flexibility index (Phi) is 2.70. The second-order valence-corrected chi connectivity index (χ2v) is 3.11. The van der Waals surface area contributed by atoms with Gasteiger partial charge < -0.3 is 0 Å². The Hall–Kier alpha value is -1.50. The van der Waals surface area contributed by atoms with E-state index >= 15 is 0 Å². The predicted octanol–water partition coefficient (Wildman–Crippen LogP) is 1.35. The van der Waals surface area contributed by atoms with Gasteiger partial charge in [-0.15, -0.1) is 11.3 Å². The molecule has 0 bridgehead atoms. The second kappa shape index (κ2) is 3.77. The summed E-state index contributed by atoms with van der Waals surface area (Å²) in [6.45, 7) is 1.83. The highest BCUT2D eigenvalue weighted by atomic mass is 32.1. The van der Waals surface area contributed by atoms with Gasteiger partial charge in [-0.3, -0.25) is 0 Å². The molecule has 60 valence electrons. The molecule has 0 fully saturated rings. The Morgan fingerprint density at radius 1 is 1.83 bits per heavy atom. The number of rotatable bonds is 2. The minimum atomic E-state index is -0.799. The van der Waals surface area contributed by atoms with Gasteiger partial charge in [0.25, 0.3) is 0 Å². The molecule has 1 rings (SSSR count). The first kappa shape index (κ1) is 8.60. The number of carbonyl (C=O) groups excluding carboxylic acids is 1. The molecular formula is C7H5N3OS. The lowest BCUT2D eigenvalue weighted by Gasteiger charge is -1.92. The van der Waals surface area contributed by atoms with Gasteiger partial charge in [-0.25, -0.2) is 9.78 Å². The van der Waals surface area contributed by atoms with Gasteiger partial charge in [0.2, 0.25) is 6.08 Å². The summed E-state index contributed by atoms with van der Waals surface area (Å²) in [4.78, 5) is 17.2. The zero-order chi connectivity index (χ0) is 8.97. The quantitative estimate of drug-likeness (QED) is 0.508. The van der Waals surface area contributed by atoms with Gasteiger partial charge in [-0.2, -0.15) is 10.3 Å². The van der Waals surface area contributed by atoms with E-state index in [1.165, 1.54) is 17.4 Å². The Balaban J connectivity index is 2.96. The number of aliphatic imine (C=N–C) groups is 1. The van der Waals surface area contributed by atoms with Crippen molar-refractivity contribution in [1.29, 1.82) is 5.26 Å². The molecular weight excluding hydrogens is 174 g/mol. The van der Waals surface area contributed by atoms with Crippen molar-refractivity contribution in [2.24, 2.45) is 4.99 Å². The van der Waals surface area contributed by atoms with Crippen LogP contribution in [0.4, 0.5) is 0 Å². The van der Waals surface area contributed by atoms with Crippen molar-refractivity contribution in [3.63, 3.8) is 0 Å². The fourth-order valence-corrected chi connectivity index (χ4v) is 1.35. The number of aryl methyl sites for hydroxylation is 1. The van der Waals surface area contributed by atoms with Crippen LogP contribution in [0.1, 0.15) is 16.7 Å². The van der Waals surface area contributed by atoms with E-state index < -0.39 is 6.04 Å². The van der Waals surface area contributed by atoms with E-state index in [2.05, 4.69) is 9.98 Å². The fraction of sp³-hybridized carbons (Fsp3) is 0.286. The van der Waals surface area contributed by atoms with Crippen molar-refractivity contribution in [3.8, 4) is 6.07 Å². The molecule has 1 aromatic heterocycles. The lowest BCUT2D eigenvalue weighted by Crippen LogP contribution is -1.91. The topological polar surface area (TPSA) is 66.1 Å². The highest BCUT2D eigenvalue weighted by Crippen LogP contribution is 2.17. The molecule has 0 N–H and O–H groups in total. The van der Waals surface area contributed by atoms with Crippen molar-refractivity contribution >= 4 is 17.4 Å². The molecule has 1 unspecified atom stereocenters. The minimum Gasteiger partial charge on any atom is -0.243 e. The first-order valence-corrected chi connectivity index (χ1v) is 4.04. The third-order valence-corrected chi connectivity index (χ3v) is 2.01. The van der Waals surface area contributed by atoms with Gasteiger partial charge >= 0.3 is 0 Å². The minimum absolute atomic E-state index is 0.517. The smallest absolute Gasteiger partial charge is 0.236 e. The Bertz CT molecular complexity index is 359. The van der Waals surface area contributed by atoms with Gasteiger partial charge in [-0.05, 0) is 6.92 Å². The van der Waals surface area contributed by atoms with Crippen molar-refractivity contribution in [2.45, 2.75) is 13.0 Å². The van der Waals surface area contributed by atoms with Crippen LogP contribution in [-0.2, 0) is 4.79 Å². The van der Waals surface area contributed by atoms with Gasteiger partial charge in [0.05, 0.1) is 16.8 Å². The molecule has 0 aliphatic carbocycles. The first-order valence-electron chi connectivity index (χ1n) is 3.16. The largest absolute Gasteiger partial charge is 0.243 e. The molecule has 5 heteroatoms. The molecule has 0 aromatic carbocycles. The van der Waals surface area contributed by atoms with Crippen LogP contribution in [0, 0.1) is 18.3 Å². The van der Waals surface area contributed by atoms with Crippen LogP contribution in [0.25, 0.3) is 0 Å². The standard InChI is InChI=1S/C7H5N3OS/c1-5-10-7(3-12-5)6(2-8)9-4-11/h3,6H,1H3. The molecule has 0 aliphatic rings. The zero-order valence-corrected chi connectivity index (χ0v) is 7.13. The zero-order valence-electron chi connectivity index (χ0n) is 6.31. The van der Waals surface area contributed by atoms with Gasteiger partial charge in [-0.1, -0.05) is 0 Å². The number of aromatic nitrogens is 1. The van der Waals surface area contributed by atoms with Gasteiger partial charge in [0, 0.05) is 5.38 Å². The summed E-state index contributed by atoms with van der Waals surface area (Å²) in [7, 11) is 0. The number of nitriles is 1. The summed E-state index contributed by atoms with van der Waals surface area (Å²) in [5.41, 5.74) is 0.517. The normalized spacial score (nSPS) is 11.3. The highest BCUT2D eigenvalue weighted by Gasteiger charge is 2.11. The monoisotopic (exact) mass is 179 g/mol. The van der Waals surface area contributed by atoms with E-state index in [-0.39, 0.29) is 0 Å². The lowest BCUT2D eigenvalue weighted by atomic mass is 10.3. The molecule has 1 heterocycles. The van der Waals surface area contributed by atoms with Crippen LogP contribution in [0.3, 0.4) is 0 Å². The Labute approximate surface area is 73.2 Å². The van der Waals surface area contributed by atoms with Crippen LogP contribution in [0.15, 0.2) is 10.4 Å². The Morgan fingerprint density at radius 3 is 3.00 bits per heavy atom. The van der Waals surface area contributed by atoms with E-state index in [4.69, 9.17) is 5.26 Å². The van der Waals surface area contributed by atoms with Crippen molar-refractivity contribution in [2.75, 3.05) is 0 Å². The number of hydrogen-bond donors (Lipinski definition) is 0. The van der Waals surface area contributed by atoms with E-state index in [1.807, 2.05) is 13.0 Å². The summed E-state index contributed by atoms with van der Waals surface area (Å²) >= 11 is 1.42. The van der Waals surface area contributed by atoms with Crippen molar-refractivity contribution in [1.82, 2.24) is 4.98 Å². The summed E-state index contributed by atoms with van der Waals surface area (Å²) in [5.74, 6) is 0. The van der Waals surface area contributed by atoms with Gasteiger partial charge in [0.1, 0.15) is 0 Å². The number of isocyanates is 1. The maximum absolute atomic E-state index is 9.89. The van der Waals surface area contributed by atoms with Crippen LogP contribution < -0.4 is 0 Å². The molecule has 0 aliphatic heterocycles. The lowest BCUT2D eigenvalue weighted by molar-refractivity contribution is 0.561. The second-order valence-electron chi connectivity index (χ2n) is 2.04. The van der Waals surface area contributed by atoms with Crippen LogP contribution in [0.5, 0.6) is 0 Å². The summed E-state index contributed by atoms with van der Waals surface area (Å²) in [6, 6.07) is 1.05. The van der Waals surface area contributed by atoms with Crippen molar-refractivity contribution < 1.29 is 4.79 Å². The highest BCUT2D eigenvalue weighted by molar-refractivity contribution is 7.09. The molecule has 1 aromatic rings. The van der Waals surface area contributed by atoms with Crippen LogP contribution in [-0.4, -0.2) is 11.1 Å². The van der Waals surface area contributed by atoms with E-state index in [9.17, 15) is 4.79 Å². The molecule has 0 radical (unpaired) electrons. The SMILES string of the molecule is Cc1nc(C(C#N)N=C=O)cs1. The number of hydrogen-bond acceptors (Lipinski definition) is 5. The molecule has 0 saturated heterocycles. The van der Waals surface area contributed by atoms with E-state index in [1.54, 1.807) is 5.38 Å².